The number of benzene rings is 2. The quantitative estimate of drug-likeness (QED) is 0.165. The molecule has 57 heavy (non-hydrogen) atoms. The van der Waals surface area contributed by atoms with E-state index < -0.39 is 17.6 Å². The maximum atomic E-state index is 12.6. The van der Waals surface area contributed by atoms with Crippen LogP contribution in [0.15, 0.2) is 97.8 Å². The molecule has 2 atom stereocenters. The topological polar surface area (TPSA) is 188 Å². The van der Waals surface area contributed by atoms with Crippen LogP contribution in [0, 0.1) is 0 Å². The second kappa shape index (κ2) is 17.8. The number of halogens is 4. The highest BCUT2D eigenvalue weighted by Gasteiger charge is 2.31. The van der Waals surface area contributed by atoms with Crippen LogP contribution >= 0.6 is 11.6 Å². The Morgan fingerprint density at radius 2 is 1.23 bits per heavy atom. The van der Waals surface area contributed by atoms with Gasteiger partial charge in [0.15, 0.2) is 17.2 Å². The van der Waals surface area contributed by atoms with E-state index in [0.29, 0.717) is 42.8 Å². The summed E-state index contributed by atoms with van der Waals surface area (Å²) >= 11 is 5.83. The van der Waals surface area contributed by atoms with E-state index in [2.05, 4.69) is 51.4 Å². The van der Waals surface area contributed by atoms with Crippen molar-refractivity contribution in [3.05, 3.63) is 131 Å². The highest BCUT2D eigenvalue weighted by atomic mass is 35.5. The first-order chi connectivity index (χ1) is 27.6. The average molecular weight is 803 g/mol. The first-order valence-electron chi connectivity index (χ1n) is 17.6. The molecule has 4 aromatic heterocycles. The molecule has 4 N–H and O–H groups in total. The number of alkyl halides is 3. The summed E-state index contributed by atoms with van der Waals surface area (Å²) in [7, 11) is 0. The van der Waals surface area contributed by atoms with Crippen molar-refractivity contribution in [1.29, 1.82) is 0 Å². The van der Waals surface area contributed by atoms with Crippen molar-refractivity contribution in [1.82, 2.24) is 50.1 Å². The summed E-state index contributed by atoms with van der Waals surface area (Å²) < 4.78 is 51.8. The van der Waals surface area contributed by atoms with Gasteiger partial charge in [-0.2, -0.15) is 23.4 Å². The maximum absolute atomic E-state index is 12.6. The van der Waals surface area contributed by atoms with Gasteiger partial charge >= 0.3 is 6.18 Å². The monoisotopic (exact) mass is 802 g/mol. The molecule has 0 saturated carbocycles. The Hall–Kier alpha value is -6.12. The molecule has 2 aliphatic heterocycles. The fraction of sp³-hybridized carbons (Fsp3) is 0.243. The van der Waals surface area contributed by atoms with Gasteiger partial charge in [0, 0.05) is 62.3 Å². The van der Waals surface area contributed by atoms with Crippen LogP contribution in [0.3, 0.4) is 0 Å². The fourth-order valence-electron chi connectivity index (χ4n) is 5.67. The number of ether oxygens (including phenoxy) is 2. The Bertz CT molecular complexity index is 2280. The Morgan fingerprint density at radius 3 is 1.70 bits per heavy atom. The molecule has 6 heterocycles. The molecule has 8 rings (SSSR count). The minimum absolute atomic E-state index is 0.0251. The molecule has 2 aromatic carbocycles. The molecular formula is C37H34ClF3N12O4. The minimum Gasteiger partial charge on any atom is -0.371 e. The second-order valence-corrected chi connectivity index (χ2v) is 12.9. The summed E-state index contributed by atoms with van der Waals surface area (Å²) in [6, 6.07) is 17.9. The van der Waals surface area contributed by atoms with E-state index in [1.165, 1.54) is 29.3 Å². The molecule has 20 heteroatoms. The van der Waals surface area contributed by atoms with Gasteiger partial charge in [0.1, 0.15) is 5.15 Å². The zero-order chi connectivity index (χ0) is 39.8. The van der Waals surface area contributed by atoms with Crippen LogP contribution in [0.4, 0.5) is 24.5 Å². The lowest BCUT2D eigenvalue weighted by Crippen LogP contribution is -2.33. The molecule has 0 aliphatic carbocycles. The number of anilines is 2. The highest BCUT2D eigenvalue weighted by Crippen LogP contribution is 2.28. The third-order valence-corrected chi connectivity index (χ3v) is 8.76. The van der Waals surface area contributed by atoms with Gasteiger partial charge in [-0.25, -0.2) is 24.3 Å². The molecule has 0 unspecified atom stereocenters. The van der Waals surface area contributed by atoms with Crippen LogP contribution in [0.2, 0.25) is 5.15 Å². The first kappa shape index (κ1) is 39.1. The van der Waals surface area contributed by atoms with Crippen molar-refractivity contribution < 1.29 is 32.2 Å². The lowest BCUT2D eigenvalue weighted by atomic mass is 10.1. The molecule has 0 spiro atoms. The molecular weight excluding hydrogens is 769 g/mol. The van der Waals surface area contributed by atoms with Gasteiger partial charge < -0.3 is 30.7 Å². The number of rotatable bonds is 8. The van der Waals surface area contributed by atoms with Crippen LogP contribution < -0.4 is 21.3 Å². The average Bonchev–Trinajstić information content (AvgIpc) is 3.94. The zero-order valence-corrected chi connectivity index (χ0v) is 30.6. The summed E-state index contributed by atoms with van der Waals surface area (Å²) in [6.45, 7) is 4.56. The number of carbonyl (C=O) groups excluding carboxylic acids is 2. The van der Waals surface area contributed by atoms with E-state index in [-0.39, 0.29) is 40.6 Å². The summed E-state index contributed by atoms with van der Waals surface area (Å²) in [4.78, 5) is 40.2. The van der Waals surface area contributed by atoms with Gasteiger partial charge in [0.2, 0.25) is 5.95 Å². The molecule has 2 saturated heterocycles. The number of nitrogens with one attached hydrogen (secondary N) is 4. The van der Waals surface area contributed by atoms with Gasteiger partial charge in [0.25, 0.3) is 11.8 Å². The summed E-state index contributed by atoms with van der Waals surface area (Å²) in [5, 5.41) is 20.6. The smallest absolute Gasteiger partial charge is 0.371 e. The Morgan fingerprint density at radius 1 is 0.719 bits per heavy atom. The summed E-state index contributed by atoms with van der Waals surface area (Å²) in [6.07, 6.45) is 2.79. The molecule has 2 fully saturated rings. The van der Waals surface area contributed by atoms with Gasteiger partial charge in [-0.15, -0.1) is 0 Å². The molecule has 0 bridgehead atoms. The van der Waals surface area contributed by atoms with Crippen molar-refractivity contribution in [2.45, 2.75) is 18.4 Å². The third kappa shape index (κ3) is 10.2. The number of hydrogen-bond acceptors (Lipinski definition) is 12. The Balaban J connectivity index is 0.000000175. The SMILES string of the molecule is O=C(Nc1ccc([C@H]2CNCCO2)cc1)c1ccn(-c2cncc(Cl)n2)n1.O=C(Nc1ccc([C@H]2CNCCO2)cc1)c1ccn(-c2ncc(C(F)(F)F)cn2)n1. The molecule has 2 amide bonds. The number of aromatic nitrogens is 8. The Kier molecular flexibility index (Phi) is 12.2. The van der Waals surface area contributed by atoms with E-state index in [0.717, 1.165) is 42.0 Å². The highest BCUT2D eigenvalue weighted by molar-refractivity contribution is 6.29. The van der Waals surface area contributed by atoms with Crippen molar-refractivity contribution in [2.75, 3.05) is 50.0 Å². The molecule has 294 valence electrons. The number of amides is 2. The van der Waals surface area contributed by atoms with E-state index in [1.807, 2.05) is 36.4 Å². The minimum atomic E-state index is -4.52. The zero-order valence-electron chi connectivity index (χ0n) is 29.9. The van der Waals surface area contributed by atoms with Crippen molar-refractivity contribution >= 4 is 34.8 Å². The molecule has 16 nitrogen and oxygen atoms in total. The van der Waals surface area contributed by atoms with Crippen LogP contribution in [-0.2, 0) is 15.7 Å². The van der Waals surface area contributed by atoms with Gasteiger partial charge in [-0.05, 0) is 47.5 Å². The van der Waals surface area contributed by atoms with Gasteiger partial charge in [-0.1, -0.05) is 35.9 Å². The normalized spacial score (nSPS) is 16.9. The van der Waals surface area contributed by atoms with E-state index in [9.17, 15) is 22.8 Å². The second-order valence-electron chi connectivity index (χ2n) is 12.5. The molecule has 2 aliphatic rings. The number of hydrogen-bond donors (Lipinski definition) is 4. The van der Waals surface area contributed by atoms with E-state index in [1.54, 1.807) is 24.4 Å². The fourth-order valence-corrected chi connectivity index (χ4v) is 5.81. The van der Waals surface area contributed by atoms with Gasteiger partial charge in [0.05, 0.1) is 43.4 Å². The van der Waals surface area contributed by atoms with Crippen molar-refractivity contribution in [2.24, 2.45) is 0 Å². The van der Waals surface area contributed by atoms with Crippen LogP contribution in [-0.4, -0.2) is 90.7 Å². The summed E-state index contributed by atoms with van der Waals surface area (Å²) in [5.74, 6) is -0.421. The van der Waals surface area contributed by atoms with Crippen molar-refractivity contribution in [3.8, 4) is 11.8 Å². The number of nitrogens with zero attached hydrogens (tertiary/aromatic N) is 8. The molecule has 0 radical (unpaired) electrons. The van der Waals surface area contributed by atoms with Crippen molar-refractivity contribution in [3.63, 3.8) is 0 Å². The molecule has 6 aromatic rings. The standard InChI is InChI=1S/C19H17F3N6O2.C18H17ClN6O2/c20-19(21,22)13-9-24-18(25-10-13)28-7-5-15(27-28)17(29)26-14-3-1-12(2-4-14)16-11-23-6-8-30-16;19-16-10-21-11-17(23-16)25-7-5-14(24-25)18(26)22-13-3-1-12(2-4-13)15-9-20-6-8-27-15/h1-5,7,9-10,16,23H,6,8,11H2,(H,26,29);1-5,7,10-11,15,20H,6,8-9H2,(H,22,26)/t16-;15-/m11/s1. The number of carbonyl (C=O) groups is 2. The van der Waals surface area contributed by atoms with Crippen LogP contribution in [0.5, 0.6) is 0 Å². The maximum Gasteiger partial charge on any atom is 0.419 e. The van der Waals surface area contributed by atoms with Crippen LogP contribution in [0.1, 0.15) is 49.9 Å². The number of morpholine rings is 2. The third-order valence-electron chi connectivity index (χ3n) is 8.58. The van der Waals surface area contributed by atoms with Gasteiger partial charge in [-0.3, -0.25) is 14.6 Å². The first-order valence-corrected chi connectivity index (χ1v) is 17.9. The van der Waals surface area contributed by atoms with E-state index >= 15 is 0 Å². The van der Waals surface area contributed by atoms with E-state index in [4.69, 9.17) is 21.1 Å². The predicted octanol–water partition coefficient (Wildman–Crippen LogP) is 4.82. The largest absolute Gasteiger partial charge is 0.419 e. The van der Waals surface area contributed by atoms with Crippen LogP contribution in [0.25, 0.3) is 11.8 Å². The predicted molar refractivity (Wildman–Crippen MR) is 200 cm³/mol. The summed E-state index contributed by atoms with van der Waals surface area (Å²) in [5.41, 5.74) is 2.71. The Labute approximate surface area is 327 Å². The lowest BCUT2D eigenvalue weighted by Gasteiger charge is -2.24. The lowest BCUT2D eigenvalue weighted by molar-refractivity contribution is -0.138.